The first-order chi connectivity index (χ1) is 12.8. The van der Waals surface area contributed by atoms with Crippen molar-refractivity contribution < 1.29 is 8.42 Å². The molecule has 27 heavy (non-hydrogen) atoms. The van der Waals surface area contributed by atoms with E-state index >= 15 is 0 Å². The summed E-state index contributed by atoms with van der Waals surface area (Å²) in [5, 5.41) is 0. The van der Waals surface area contributed by atoms with Gasteiger partial charge in [-0.15, -0.1) is 0 Å². The lowest BCUT2D eigenvalue weighted by Gasteiger charge is -2.17. The number of likely N-dealkylation sites (tertiary alicyclic amines) is 1. The second-order valence-corrected chi connectivity index (χ2v) is 9.15. The Kier molecular flexibility index (Phi) is 7.81. The SMILES string of the molecule is C/C=C\c1c(C)cccc1CN1CCCC1.Cc1ccccc1S(C)(=O)=O. The van der Waals surface area contributed by atoms with Crippen LogP contribution in [0.15, 0.2) is 53.4 Å². The maximum absolute atomic E-state index is 11.1. The van der Waals surface area contributed by atoms with E-state index in [4.69, 9.17) is 0 Å². The predicted molar refractivity (Wildman–Crippen MR) is 115 cm³/mol. The number of hydrogen-bond donors (Lipinski definition) is 0. The van der Waals surface area contributed by atoms with E-state index in [1.165, 1.54) is 48.9 Å². The van der Waals surface area contributed by atoms with Crippen molar-refractivity contribution in [2.75, 3.05) is 19.3 Å². The van der Waals surface area contributed by atoms with Crippen molar-refractivity contribution in [3.05, 3.63) is 70.8 Å². The molecule has 1 fully saturated rings. The average molecular weight is 386 g/mol. The van der Waals surface area contributed by atoms with Crippen LogP contribution in [0.1, 0.15) is 42.0 Å². The van der Waals surface area contributed by atoms with Crippen molar-refractivity contribution in [2.45, 2.75) is 45.1 Å². The minimum absolute atomic E-state index is 0.417. The maximum Gasteiger partial charge on any atom is 0.175 e. The van der Waals surface area contributed by atoms with E-state index in [0.29, 0.717) is 4.90 Å². The summed E-state index contributed by atoms with van der Waals surface area (Å²) in [6.45, 7) is 9.72. The zero-order chi connectivity index (χ0) is 19.9. The van der Waals surface area contributed by atoms with Gasteiger partial charge in [-0.1, -0.05) is 48.6 Å². The first-order valence-corrected chi connectivity index (χ1v) is 11.4. The molecule has 0 amide bonds. The second-order valence-electron chi connectivity index (χ2n) is 7.17. The topological polar surface area (TPSA) is 37.4 Å². The molecule has 2 aromatic carbocycles. The standard InChI is InChI=1S/C15H21N.C8H10O2S/c1-3-7-15-13(2)8-6-9-14(15)12-16-10-4-5-11-16;1-7-5-3-4-6-8(7)11(2,9)10/h3,6-9H,4-5,10-12H2,1-2H3;3-6H,1-2H3/b7-3-;. The number of allylic oxidation sites excluding steroid dienone is 1. The third kappa shape index (κ3) is 6.33. The number of nitrogens with zero attached hydrogens (tertiary/aromatic N) is 1. The van der Waals surface area contributed by atoms with Crippen LogP contribution in [-0.2, 0) is 16.4 Å². The summed E-state index contributed by atoms with van der Waals surface area (Å²) in [5.41, 5.74) is 5.07. The van der Waals surface area contributed by atoms with Crippen LogP contribution in [-0.4, -0.2) is 32.7 Å². The van der Waals surface area contributed by atoms with Crippen molar-refractivity contribution in [3.8, 4) is 0 Å². The summed E-state index contributed by atoms with van der Waals surface area (Å²) >= 11 is 0. The maximum atomic E-state index is 11.1. The zero-order valence-corrected chi connectivity index (χ0v) is 17.7. The van der Waals surface area contributed by atoms with Gasteiger partial charge < -0.3 is 0 Å². The Balaban J connectivity index is 0.000000208. The number of rotatable bonds is 4. The summed E-state index contributed by atoms with van der Waals surface area (Å²) < 4.78 is 22.1. The van der Waals surface area contributed by atoms with Gasteiger partial charge in [0.1, 0.15) is 0 Å². The van der Waals surface area contributed by atoms with Gasteiger partial charge in [-0.25, -0.2) is 8.42 Å². The van der Waals surface area contributed by atoms with E-state index in [9.17, 15) is 8.42 Å². The molecule has 0 radical (unpaired) electrons. The highest BCUT2D eigenvalue weighted by Gasteiger charge is 2.13. The molecule has 0 aliphatic carbocycles. The highest BCUT2D eigenvalue weighted by atomic mass is 32.2. The molecular formula is C23H31NO2S. The smallest absolute Gasteiger partial charge is 0.175 e. The molecule has 0 unspecified atom stereocenters. The van der Waals surface area contributed by atoms with Gasteiger partial charge in [0.25, 0.3) is 0 Å². The quantitative estimate of drug-likeness (QED) is 0.741. The number of aryl methyl sites for hydroxylation is 2. The van der Waals surface area contributed by atoms with Crippen LogP contribution in [0, 0.1) is 13.8 Å². The number of benzene rings is 2. The fourth-order valence-corrected chi connectivity index (χ4v) is 4.42. The van der Waals surface area contributed by atoms with E-state index in [0.717, 1.165) is 12.1 Å². The van der Waals surface area contributed by atoms with Crippen LogP contribution < -0.4 is 0 Å². The molecule has 2 aromatic rings. The van der Waals surface area contributed by atoms with Gasteiger partial charge in [0.2, 0.25) is 0 Å². The molecule has 1 aliphatic rings. The highest BCUT2D eigenvalue weighted by Crippen LogP contribution is 2.20. The normalized spacial score (nSPS) is 15.0. The van der Waals surface area contributed by atoms with Gasteiger partial charge in [0, 0.05) is 12.8 Å². The fourth-order valence-electron chi connectivity index (χ4n) is 3.44. The van der Waals surface area contributed by atoms with Crippen molar-refractivity contribution >= 4 is 15.9 Å². The van der Waals surface area contributed by atoms with Crippen LogP contribution in [0.5, 0.6) is 0 Å². The molecule has 1 saturated heterocycles. The monoisotopic (exact) mass is 385 g/mol. The number of sulfone groups is 1. The lowest BCUT2D eigenvalue weighted by atomic mass is 10.0. The Morgan fingerprint density at radius 3 is 2.15 bits per heavy atom. The molecule has 1 aliphatic heterocycles. The molecule has 0 aromatic heterocycles. The van der Waals surface area contributed by atoms with Crippen LogP contribution in [0.2, 0.25) is 0 Å². The molecule has 4 heteroatoms. The van der Waals surface area contributed by atoms with E-state index in [1.54, 1.807) is 25.1 Å². The minimum Gasteiger partial charge on any atom is -0.299 e. The van der Waals surface area contributed by atoms with Crippen molar-refractivity contribution in [1.29, 1.82) is 0 Å². The fraction of sp³-hybridized carbons (Fsp3) is 0.391. The van der Waals surface area contributed by atoms with Gasteiger partial charge >= 0.3 is 0 Å². The highest BCUT2D eigenvalue weighted by molar-refractivity contribution is 7.90. The molecule has 1 heterocycles. The lowest BCUT2D eigenvalue weighted by Crippen LogP contribution is -2.19. The van der Waals surface area contributed by atoms with Crippen molar-refractivity contribution in [2.24, 2.45) is 0 Å². The summed E-state index contributed by atoms with van der Waals surface area (Å²) in [7, 11) is -3.03. The van der Waals surface area contributed by atoms with Crippen LogP contribution in [0.3, 0.4) is 0 Å². The molecule has 0 atom stereocenters. The van der Waals surface area contributed by atoms with Gasteiger partial charge in [0.15, 0.2) is 9.84 Å². The van der Waals surface area contributed by atoms with E-state index in [1.807, 2.05) is 6.07 Å². The van der Waals surface area contributed by atoms with Crippen molar-refractivity contribution in [3.63, 3.8) is 0 Å². The Morgan fingerprint density at radius 1 is 0.963 bits per heavy atom. The molecule has 146 valence electrons. The summed E-state index contributed by atoms with van der Waals surface area (Å²) in [6, 6.07) is 13.6. The van der Waals surface area contributed by atoms with Crippen LogP contribution >= 0.6 is 0 Å². The molecule has 3 nitrogen and oxygen atoms in total. The Hall–Kier alpha value is -1.91. The third-order valence-electron chi connectivity index (χ3n) is 4.83. The second kappa shape index (κ2) is 9.86. The van der Waals surface area contributed by atoms with Gasteiger partial charge in [-0.05, 0) is 75.0 Å². The first-order valence-electron chi connectivity index (χ1n) is 9.52. The summed E-state index contributed by atoms with van der Waals surface area (Å²) in [5.74, 6) is 0. The summed E-state index contributed by atoms with van der Waals surface area (Å²) in [6.07, 6.45) is 8.32. The lowest BCUT2D eigenvalue weighted by molar-refractivity contribution is 0.331. The van der Waals surface area contributed by atoms with Crippen LogP contribution in [0.25, 0.3) is 6.08 Å². The Labute approximate surface area is 164 Å². The predicted octanol–water partition coefficient (Wildman–Crippen LogP) is 5.02. The number of hydrogen-bond acceptors (Lipinski definition) is 3. The zero-order valence-electron chi connectivity index (χ0n) is 16.9. The molecular weight excluding hydrogens is 354 g/mol. The summed E-state index contributed by atoms with van der Waals surface area (Å²) in [4.78, 5) is 2.97. The largest absolute Gasteiger partial charge is 0.299 e. The molecule has 0 bridgehead atoms. The Bertz CT molecular complexity index is 879. The molecule has 0 N–H and O–H groups in total. The molecule has 0 spiro atoms. The van der Waals surface area contributed by atoms with E-state index in [2.05, 4.69) is 49.1 Å². The van der Waals surface area contributed by atoms with E-state index < -0.39 is 9.84 Å². The van der Waals surface area contributed by atoms with Gasteiger partial charge in [-0.3, -0.25) is 4.90 Å². The first kappa shape index (κ1) is 21.4. The third-order valence-corrected chi connectivity index (χ3v) is 6.09. The molecule has 3 rings (SSSR count). The Morgan fingerprint density at radius 2 is 1.59 bits per heavy atom. The van der Waals surface area contributed by atoms with Crippen molar-refractivity contribution in [1.82, 2.24) is 4.90 Å². The van der Waals surface area contributed by atoms with Crippen LogP contribution in [0.4, 0.5) is 0 Å². The van der Waals surface area contributed by atoms with Gasteiger partial charge in [0.05, 0.1) is 4.90 Å². The molecule has 0 saturated carbocycles. The van der Waals surface area contributed by atoms with E-state index in [-0.39, 0.29) is 0 Å². The van der Waals surface area contributed by atoms with Gasteiger partial charge in [-0.2, -0.15) is 0 Å². The average Bonchev–Trinajstić information content (AvgIpc) is 3.11. The minimum atomic E-state index is -3.03.